The predicted octanol–water partition coefficient (Wildman–Crippen LogP) is 3.49. The van der Waals surface area contributed by atoms with E-state index in [1.54, 1.807) is 12.1 Å². The highest BCUT2D eigenvalue weighted by atomic mass is 32.2. The van der Waals surface area contributed by atoms with E-state index in [4.69, 9.17) is 9.52 Å². The van der Waals surface area contributed by atoms with E-state index in [9.17, 15) is 17.8 Å². The number of fused-ring (bicyclic) bond motifs is 1. The Morgan fingerprint density at radius 3 is 2.17 bits per heavy atom. The third-order valence-electron chi connectivity index (χ3n) is 5.72. The maximum atomic E-state index is 12.4. The largest absolute Gasteiger partial charge is 0.744 e. The fourth-order valence-electron chi connectivity index (χ4n) is 3.69. The first-order valence-electron chi connectivity index (χ1n) is 11.6. The fraction of sp³-hybridized carbons (Fsp3) is 0.259. The maximum absolute atomic E-state index is 12.4. The van der Waals surface area contributed by atoms with Crippen molar-refractivity contribution in [2.45, 2.75) is 32.2 Å². The highest BCUT2D eigenvalue weighted by molar-refractivity contribution is 7.85. The standard InChI is InChI=1S/C20H23N2O3.C7H8O3S/c1-3-22(4-2)17-6-5-16-13-18(20(24)25-19(16)14-17)15-7-9-21(10-8-15)11-12-23;1-6-2-4-7(5-3-6)11(8,9)10/h5-10,13-14,23H,3-4,11-12H2,1-2H3;2-5H,1H3,(H,8,9,10)/q+1;/p-1. The summed E-state index contributed by atoms with van der Waals surface area (Å²) in [6.07, 6.45) is 3.69. The van der Waals surface area contributed by atoms with Crippen LogP contribution in [0.5, 0.6) is 0 Å². The summed E-state index contributed by atoms with van der Waals surface area (Å²) in [5, 5.41) is 9.88. The number of hydrogen-bond acceptors (Lipinski definition) is 7. The van der Waals surface area contributed by atoms with E-state index in [0.717, 1.165) is 35.3 Å². The maximum Gasteiger partial charge on any atom is 0.344 e. The molecular formula is C27H30N2O6S. The number of hydrogen-bond donors (Lipinski definition) is 1. The molecule has 1 N–H and O–H groups in total. The van der Waals surface area contributed by atoms with Gasteiger partial charge in [0.05, 0.1) is 10.5 Å². The number of anilines is 1. The van der Waals surface area contributed by atoms with Crippen LogP contribution in [0.1, 0.15) is 19.4 Å². The van der Waals surface area contributed by atoms with Crippen LogP contribution in [0.2, 0.25) is 0 Å². The number of rotatable bonds is 7. The molecule has 0 saturated carbocycles. The molecule has 9 heteroatoms. The van der Waals surface area contributed by atoms with Gasteiger partial charge in [0.15, 0.2) is 18.9 Å². The quantitative estimate of drug-likeness (QED) is 0.230. The second-order valence-electron chi connectivity index (χ2n) is 8.16. The summed E-state index contributed by atoms with van der Waals surface area (Å²) in [6, 6.07) is 17.3. The van der Waals surface area contributed by atoms with E-state index in [-0.39, 0.29) is 17.1 Å². The Kier molecular flexibility index (Phi) is 8.98. The van der Waals surface area contributed by atoms with E-state index < -0.39 is 10.1 Å². The molecule has 0 aliphatic rings. The van der Waals surface area contributed by atoms with Gasteiger partial charge in [-0.05, 0) is 51.1 Å². The Balaban J connectivity index is 0.000000275. The average molecular weight is 511 g/mol. The topological polar surface area (TPSA) is 115 Å². The molecular weight excluding hydrogens is 480 g/mol. The first-order chi connectivity index (χ1) is 17.2. The van der Waals surface area contributed by atoms with Gasteiger partial charge in [0.2, 0.25) is 0 Å². The molecule has 4 rings (SSSR count). The zero-order chi connectivity index (χ0) is 26.3. The van der Waals surface area contributed by atoms with Crippen LogP contribution in [0.3, 0.4) is 0 Å². The number of pyridine rings is 1. The molecule has 0 aliphatic carbocycles. The van der Waals surface area contributed by atoms with Crippen LogP contribution < -0.4 is 15.1 Å². The minimum Gasteiger partial charge on any atom is -0.744 e. The lowest BCUT2D eigenvalue weighted by Gasteiger charge is -2.21. The molecule has 2 aromatic carbocycles. The Morgan fingerprint density at radius 1 is 0.972 bits per heavy atom. The van der Waals surface area contributed by atoms with Gasteiger partial charge in [-0.2, -0.15) is 0 Å². The van der Waals surface area contributed by atoms with Crippen molar-refractivity contribution in [1.29, 1.82) is 0 Å². The van der Waals surface area contributed by atoms with Gasteiger partial charge in [0, 0.05) is 47.9 Å². The molecule has 0 amide bonds. The summed E-state index contributed by atoms with van der Waals surface area (Å²) in [7, 11) is -4.27. The smallest absolute Gasteiger partial charge is 0.344 e. The Labute approximate surface area is 210 Å². The zero-order valence-electron chi connectivity index (χ0n) is 20.5. The van der Waals surface area contributed by atoms with Gasteiger partial charge in [0.1, 0.15) is 22.3 Å². The lowest BCUT2D eigenvalue weighted by atomic mass is 10.1. The molecule has 190 valence electrons. The van der Waals surface area contributed by atoms with E-state index in [1.165, 1.54) is 12.1 Å². The second-order valence-corrected chi connectivity index (χ2v) is 9.54. The van der Waals surface area contributed by atoms with Gasteiger partial charge in [-0.15, -0.1) is 0 Å². The van der Waals surface area contributed by atoms with Crippen LogP contribution in [0, 0.1) is 6.92 Å². The molecule has 0 aliphatic heterocycles. The molecule has 2 aromatic heterocycles. The predicted molar refractivity (Wildman–Crippen MR) is 138 cm³/mol. The van der Waals surface area contributed by atoms with Gasteiger partial charge in [-0.3, -0.25) is 0 Å². The molecule has 0 radical (unpaired) electrons. The van der Waals surface area contributed by atoms with Crippen LogP contribution >= 0.6 is 0 Å². The molecule has 0 spiro atoms. The number of aryl methyl sites for hydroxylation is 1. The van der Waals surface area contributed by atoms with Crippen LogP contribution in [0.25, 0.3) is 22.1 Å². The van der Waals surface area contributed by atoms with Crippen molar-refractivity contribution in [2.24, 2.45) is 0 Å². The van der Waals surface area contributed by atoms with Gasteiger partial charge in [-0.1, -0.05) is 17.7 Å². The highest BCUT2D eigenvalue weighted by Gasteiger charge is 2.11. The molecule has 8 nitrogen and oxygen atoms in total. The van der Waals surface area contributed by atoms with Crippen LogP contribution in [0.15, 0.2) is 87.2 Å². The van der Waals surface area contributed by atoms with Gasteiger partial charge < -0.3 is 19.0 Å². The van der Waals surface area contributed by atoms with E-state index >= 15 is 0 Å². The Hall–Kier alpha value is -3.53. The average Bonchev–Trinajstić information content (AvgIpc) is 2.85. The highest BCUT2D eigenvalue weighted by Crippen LogP contribution is 2.24. The van der Waals surface area contributed by atoms with Crippen molar-refractivity contribution in [2.75, 3.05) is 24.6 Å². The van der Waals surface area contributed by atoms with Crippen molar-refractivity contribution < 1.29 is 27.1 Å². The lowest BCUT2D eigenvalue weighted by molar-refractivity contribution is -0.698. The Bertz CT molecular complexity index is 1460. The molecule has 0 saturated heterocycles. The van der Waals surface area contributed by atoms with Crippen LogP contribution in [0.4, 0.5) is 5.69 Å². The van der Waals surface area contributed by atoms with Crippen molar-refractivity contribution in [3.8, 4) is 11.1 Å². The summed E-state index contributed by atoms with van der Waals surface area (Å²) < 4.78 is 38.6. The normalized spacial score (nSPS) is 11.1. The molecule has 0 bridgehead atoms. The first-order valence-corrected chi connectivity index (χ1v) is 13.0. The molecule has 2 heterocycles. The SMILES string of the molecule is CCN(CC)c1ccc2cc(-c3cc[n+](CCO)cc3)c(=O)oc2c1.Cc1ccc(S(=O)(=O)[O-])cc1. The molecule has 4 aromatic rings. The summed E-state index contributed by atoms with van der Waals surface area (Å²) in [4.78, 5) is 14.5. The van der Waals surface area contributed by atoms with Crippen molar-refractivity contribution in [3.63, 3.8) is 0 Å². The van der Waals surface area contributed by atoms with Crippen LogP contribution in [-0.4, -0.2) is 37.8 Å². The van der Waals surface area contributed by atoms with E-state index in [1.807, 2.05) is 54.2 Å². The lowest BCUT2D eigenvalue weighted by Crippen LogP contribution is -2.34. The molecule has 0 atom stereocenters. The third kappa shape index (κ3) is 6.78. The van der Waals surface area contributed by atoms with Gasteiger partial charge >= 0.3 is 5.63 Å². The van der Waals surface area contributed by atoms with Crippen molar-refractivity contribution in [1.82, 2.24) is 0 Å². The number of aliphatic hydroxyl groups excluding tert-OH is 1. The van der Waals surface area contributed by atoms with Gasteiger partial charge in [0.25, 0.3) is 0 Å². The van der Waals surface area contributed by atoms with Crippen LogP contribution in [-0.2, 0) is 16.7 Å². The second kappa shape index (κ2) is 11.9. The van der Waals surface area contributed by atoms with Gasteiger partial charge in [-0.25, -0.2) is 17.8 Å². The summed E-state index contributed by atoms with van der Waals surface area (Å²) >= 11 is 0. The number of benzene rings is 2. The Morgan fingerprint density at radius 2 is 1.61 bits per heavy atom. The fourth-order valence-corrected chi connectivity index (χ4v) is 4.16. The number of aromatic nitrogens is 1. The summed E-state index contributed by atoms with van der Waals surface area (Å²) in [5.41, 5.74) is 3.58. The molecule has 0 unspecified atom stereocenters. The van der Waals surface area contributed by atoms with E-state index in [0.29, 0.717) is 17.7 Å². The van der Waals surface area contributed by atoms with E-state index in [2.05, 4.69) is 24.8 Å². The minimum absolute atomic E-state index is 0.0804. The summed E-state index contributed by atoms with van der Waals surface area (Å²) in [5.74, 6) is 0. The number of aliphatic hydroxyl groups is 1. The summed E-state index contributed by atoms with van der Waals surface area (Å²) in [6.45, 7) is 8.44. The molecule has 36 heavy (non-hydrogen) atoms. The third-order valence-corrected chi connectivity index (χ3v) is 6.57. The molecule has 0 fully saturated rings. The first kappa shape index (κ1) is 27.1. The van der Waals surface area contributed by atoms with Crippen molar-refractivity contribution >= 4 is 26.8 Å². The minimum atomic E-state index is -4.27. The van der Waals surface area contributed by atoms with Crippen molar-refractivity contribution in [3.05, 3.63) is 89.0 Å². The number of nitrogens with zero attached hydrogens (tertiary/aromatic N) is 2. The monoisotopic (exact) mass is 510 g/mol. The zero-order valence-corrected chi connectivity index (χ0v) is 21.4.